The monoisotopic (exact) mass is 273 g/mol. The number of carbonyl (C=O) groups excluding carboxylic acids is 2. The van der Waals surface area contributed by atoms with Crippen LogP contribution < -0.4 is 0 Å². The van der Waals surface area contributed by atoms with E-state index < -0.39 is 5.92 Å². The van der Waals surface area contributed by atoms with Crippen LogP contribution >= 0.6 is 11.3 Å². The molecule has 0 bridgehead atoms. The molecule has 98 valence electrons. The molecular formula is C15H15NO2S. The largest absolute Gasteiger partial charge is 0.297 e. The number of ketones is 2. The van der Waals surface area contributed by atoms with Crippen LogP contribution in [-0.2, 0) is 4.79 Å². The molecule has 0 spiro atoms. The fourth-order valence-electron chi connectivity index (χ4n) is 2.25. The van der Waals surface area contributed by atoms with Gasteiger partial charge in [0.1, 0.15) is 0 Å². The molecule has 0 saturated heterocycles. The Bertz CT molecular complexity index is 565. The van der Waals surface area contributed by atoms with Crippen molar-refractivity contribution in [1.29, 1.82) is 5.26 Å². The summed E-state index contributed by atoms with van der Waals surface area (Å²) in [5.41, 5.74) is 0. The van der Waals surface area contributed by atoms with Crippen LogP contribution in [0.1, 0.15) is 33.8 Å². The quantitative estimate of drug-likeness (QED) is 0.480. The van der Waals surface area contributed by atoms with Gasteiger partial charge in [-0.25, -0.2) is 0 Å². The van der Waals surface area contributed by atoms with Crippen molar-refractivity contribution >= 4 is 22.9 Å². The molecule has 0 amide bonds. The molecule has 1 heterocycles. The Labute approximate surface area is 116 Å². The normalized spacial score (nSPS) is 19.7. The Kier molecular flexibility index (Phi) is 4.28. The Morgan fingerprint density at radius 2 is 2.21 bits per heavy atom. The zero-order valence-electron chi connectivity index (χ0n) is 10.8. The van der Waals surface area contributed by atoms with E-state index in [1.807, 2.05) is 31.2 Å². The maximum Gasteiger partial charge on any atom is 0.197 e. The SMILES string of the molecule is Cc1ccc(C(=O)[C@@H](C#N)C(=O)[C@H]2CC=CCC2)s1. The molecule has 0 radical (unpaired) electrons. The van der Waals surface area contributed by atoms with Crippen molar-refractivity contribution < 1.29 is 9.59 Å². The van der Waals surface area contributed by atoms with Gasteiger partial charge < -0.3 is 0 Å². The number of Topliss-reactive ketones (excluding diaryl/α,β-unsaturated/α-hetero) is 2. The van der Waals surface area contributed by atoms with E-state index in [4.69, 9.17) is 5.26 Å². The van der Waals surface area contributed by atoms with E-state index in [1.165, 1.54) is 11.3 Å². The number of carbonyl (C=O) groups is 2. The molecule has 19 heavy (non-hydrogen) atoms. The van der Waals surface area contributed by atoms with E-state index in [1.54, 1.807) is 6.07 Å². The first-order valence-electron chi connectivity index (χ1n) is 6.32. The van der Waals surface area contributed by atoms with Crippen molar-refractivity contribution in [2.75, 3.05) is 0 Å². The fourth-order valence-corrected chi connectivity index (χ4v) is 3.09. The van der Waals surface area contributed by atoms with Crippen molar-refractivity contribution in [3.8, 4) is 6.07 Å². The van der Waals surface area contributed by atoms with Gasteiger partial charge in [0.25, 0.3) is 0 Å². The minimum atomic E-state index is -1.14. The number of aryl methyl sites for hydroxylation is 1. The van der Waals surface area contributed by atoms with Gasteiger partial charge in [-0.1, -0.05) is 12.2 Å². The van der Waals surface area contributed by atoms with Gasteiger partial charge in [-0.05, 0) is 38.3 Å². The van der Waals surface area contributed by atoms with E-state index in [9.17, 15) is 9.59 Å². The number of hydrogen-bond donors (Lipinski definition) is 0. The van der Waals surface area contributed by atoms with Crippen LogP contribution in [0, 0.1) is 30.1 Å². The van der Waals surface area contributed by atoms with Gasteiger partial charge in [0, 0.05) is 10.8 Å². The highest BCUT2D eigenvalue weighted by atomic mass is 32.1. The standard InChI is InChI=1S/C15H15NO2S/c1-10-7-8-13(19-10)15(18)12(9-16)14(17)11-5-3-2-4-6-11/h2-3,7-8,11-12H,4-6H2,1H3/t11-,12-/m0/s1. The maximum atomic E-state index is 12.3. The van der Waals surface area contributed by atoms with Crippen LogP contribution in [0.4, 0.5) is 0 Å². The van der Waals surface area contributed by atoms with Crippen molar-refractivity contribution in [2.24, 2.45) is 11.8 Å². The molecule has 2 rings (SSSR count). The Balaban J connectivity index is 2.16. The summed E-state index contributed by atoms with van der Waals surface area (Å²) in [4.78, 5) is 26.0. The van der Waals surface area contributed by atoms with Gasteiger partial charge in [-0.3, -0.25) is 9.59 Å². The smallest absolute Gasteiger partial charge is 0.197 e. The number of hydrogen-bond acceptors (Lipinski definition) is 4. The van der Waals surface area contributed by atoms with Crippen molar-refractivity contribution in [3.63, 3.8) is 0 Å². The molecule has 0 N–H and O–H groups in total. The first kappa shape index (κ1) is 13.7. The second-order valence-electron chi connectivity index (χ2n) is 4.72. The number of nitriles is 1. The lowest BCUT2D eigenvalue weighted by molar-refractivity contribution is -0.124. The molecule has 0 aliphatic heterocycles. The summed E-state index contributed by atoms with van der Waals surface area (Å²) in [6.45, 7) is 1.90. The lowest BCUT2D eigenvalue weighted by Gasteiger charge is -2.18. The minimum absolute atomic E-state index is 0.181. The molecule has 1 aromatic rings. The summed E-state index contributed by atoms with van der Waals surface area (Å²) >= 11 is 1.34. The zero-order valence-corrected chi connectivity index (χ0v) is 11.6. The Hall–Kier alpha value is -1.73. The highest BCUT2D eigenvalue weighted by molar-refractivity contribution is 7.14. The number of allylic oxidation sites excluding steroid dienone is 2. The summed E-state index contributed by atoms with van der Waals surface area (Å²) in [7, 11) is 0. The fraction of sp³-hybridized carbons (Fsp3) is 0.400. The van der Waals surface area contributed by atoms with E-state index in [2.05, 4.69) is 0 Å². The van der Waals surface area contributed by atoms with Gasteiger partial charge in [0.05, 0.1) is 10.9 Å². The predicted molar refractivity (Wildman–Crippen MR) is 74.0 cm³/mol. The molecule has 0 fully saturated rings. The van der Waals surface area contributed by atoms with Crippen molar-refractivity contribution in [1.82, 2.24) is 0 Å². The highest BCUT2D eigenvalue weighted by Gasteiger charge is 2.33. The summed E-state index contributed by atoms with van der Waals surface area (Å²) in [6, 6.07) is 5.42. The molecule has 4 heteroatoms. The molecule has 0 saturated carbocycles. The van der Waals surface area contributed by atoms with Gasteiger partial charge in [-0.2, -0.15) is 5.26 Å². The topological polar surface area (TPSA) is 57.9 Å². The van der Waals surface area contributed by atoms with E-state index in [0.29, 0.717) is 11.3 Å². The summed E-state index contributed by atoms with van der Waals surface area (Å²) < 4.78 is 0. The van der Waals surface area contributed by atoms with E-state index >= 15 is 0 Å². The third kappa shape index (κ3) is 2.99. The summed E-state index contributed by atoms with van der Waals surface area (Å²) in [6.07, 6.45) is 6.23. The third-order valence-electron chi connectivity index (χ3n) is 3.33. The summed E-state index contributed by atoms with van der Waals surface area (Å²) in [5.74, 6) is -1.89. The average Bonchev–Trinajstić information content (AvgIpc) is 2.87. The molecule has 0 unspecified atom stereocenters. The van der Waals surface area contributed by atoms with Gasteiger partial charge in [0.2, 0.25) is 0 Å². The molecule has 0 aromatic carbocycles. The lowest BCUT2D eigenvalue weighted by Crippen LogP contribution is -2.29. The van der Waals surface area contributed by atoms with E-state index in [0.717, 1.165) is 17.7 Å². The van der Waals surface area contributed by atoms with Gasteiger partial charge in [0.15, 0.2) is 17.5 Å². The van der Waals surface area contributed by atoms with Crippen molar-refractivity contribution in [3.05, 3.63) is 34.0 Å². The lowest BCUT2D eigenvalue weighted by atomic mass is 9.83. The van der Waals surface area contributed by atoms with Gasteiger partial charge in [-0.15, -0.1) is 11.3 Å². The third-order valence-corrected chi connectivity index (χ3v) is 4.35. The van der Waals surface area contributed by atoms with Crippen LogP contribution in [0.5, 0.6) is 0 Å². The zero-order chi connectivity index (χ0) is 13.8. The minimum Gasteiger partial charge on any atom is -0.297 e. The average molecular weight is 273 g/mol. The Morgan fingerprint density at radius 3 is 2.74 bits per heavy atom. The number of rotatable bonds is 4. The van der Waals surface area contributed by atoms with Crippen LogP contribution in [0.25, 0.3) is 0 Å². The number of nitrogens with zero attached hydrogens (tertiary/aromatic N) is 1. The van der Waals surface area contributed by atoms with Crippen LogP contribution in [0.15, 0.2) is 24.3 Å². The molecule has 1 aromatic heterocycles. The van der Waals surface area contributed by atoms with Crippen LogP contribution in [0.2, 0.25) is 0 Å². The molecule has 1 aliphatic rings. The highest BCUT2D eigenvalue weighted by Crippen LogP contribution is 2.26. The second-order valence-corrected chi connectivity index (χ2v) is 6.01. The Morgan fingerprint density at radius 1 is 1.42 bits per heavy atom. The molecule has 2 atom stereocenters. The first-order chi connectivity index (χ1) is 9.13. The molecule has 3 nitrogen and oxygen atoms in total. The molecular weight excluding hydrogens is 258 g/mol. The van der Waals surface area contributed by atoms with E-state index in [-0.39, 0.29) is 17.5 Å². The predicted octanol–water partition coefficient (Wildman–Crippen LogP) is 3.30. The van der Waals surface area contributed by atoms with Crippen LogP contribution in [-0.4, -0.2) is 11.6 Å². The summed E-state index contributed by atoms with van der Waals surface area (Å²) in [5, 5.41) is 9.16. The first-order valence-corrected chi connectivity index (χ1v) is 7.14. The van der Waals surface area contributed by atoms with Gasteiger partial charge >= 0.3 is 0 Å². The van der Waals surface area contributed by atoms with Crippen LogP contribution in [0.3, 0.4) is 0 Å². The number of thiophene rings is 1. The second kappa shape index (κ2) is 5.94. The van der Waals surface area contributed by atoms with Crippen molar-refractivity contribution in [2.45, 2.75) is 26.2 Å². The molecule has 1 aliphatic carbocycles. The maximum absolute atomic E-state index is 12.3.